The number of carbonyl (C=O) groups excluding carboxylic acids is 3. The first kappa shape index (κ1) is 65.6. The van der Waals surface area contributed by atoms with E-state index in [-0.39, 0.29) is 31.1 Å². The molecule has 0 aromatic carbocycles. The van der Waals surface area contributed by atoms with Crippen LogP contribution in [0.2, 0.25) is 0 Å². The molecule has 0 amide bonds. The summed E-state index contributed by atoms with van der Waals surface area (Å²) in [5.74, 6) is -0.867. The lowest BCUT2D eigenvalue weighted by atomic mass is 10.0. The zero-order chi connectivity index (χ0) is 49.3. The van der Waals surface area contributed by atoms with Crippen molar-refractivity contribution < 1.29 is 28.6 Å². The van der Waals surface area contributed by atoms with Crippen molar-refractivity contribution in [2.24, 2.45) is 0 Å². The third-order valence-electron chi connectivity index (χ3n) is 13.4. The smallest absolute Gasteiger partial charge is 0.306 e. The first-order valence-electron chi connectivity index (χ1n) is 30.0. The minimum absolute atomic E-state index is 0.0720. The number of allylic oxidation sites excluding steroid dienone is 6. The molecule has 0 spiro atoms. The fraction of sp³-hybridized carbons (Fsp3) is 0.855. The third kappa shape index (κ3) is 54.6. The number of esters is 3. The Labute approximate surface area is 423 Å². The molecule has 0 aromatic heterocycles. The maximum Gasteiger partial charge on any atom is 0.306 e. The quantitative estimate of drug-likeness (QED) is 0.0262. The molecule has 398 valence electrons. The highest BCUT2D eigenvalue weighted by Gasteiger charge is 2.19. The molecule has 6 heteroatoms. The molecule has 68 heavy (non-hydrogen) atoms. The van der Waals surface area contributed by atoms with Crippen LogP contribution in [0.4, 0.5) is 0 Å². The Balaban J connectivity index is 4.18. The highest BCUT2D eigenvalue weighted by atomic mass is 16.6. The Hall–Kier alpha value is -2.37. The van der Waals surface area contributed by atoms with Gasteiger partial charge in [0.05, 0.1) is 0 Å². The lowest BCUT2D eigenvalue weighted by Crippen LogP contribution is -2.30. The molecule has 0 heterocycles. The summed E-state index contributed by atoms with van der Waals surface area (Å²) in [4.78, 5) is 38.1. The monoisotopic (exact) mass is 955 g/mol. The van der Waals surface area contributed by atoms with Crippen LogP contribution in [0.15, 0.2) is 36.5 Å². The number of unbranched alkanes of at least 4 members (excludes halogenated alkanes) is 38. The molecule has 1 unspecified atom stereocenters. The summed E-state index contributed by atoms with van der Waals surface area (Å²) in [6.07, 6.45) is 68.7. The van der Waals surface area contributed by atoms with Crippen LogP contribution >= 0.6 is 0 Å². The second-order valence-electron chi connectivity index (χ2n) is 20.3. The minimum Gasteiger partial charge on any atom is -0.462 e. The van der Waals surface area contributed by atoms with Gasteiger partial charge in [-0.05, 0) is 77.0 Å². The van der Waals surface area contributed by atoms with Crippen LogP contribution in [-0.2, 0) is 28.6 Å². The Morgan fingerprint density at radius 3 is 0.824 bits per heavy atom. The first-order chi connectivity index (χ1) is 33.5. The topological polar surface area (TPSA) is 78.9 Å². The van der Waals surface area contributed by atoms with Crippen LogP contribution in [0, 0.1) is 0 Å². The normalized spacial score (nSPS) is 12.2. The maximum absolute atomic E-state index is 12.8. The number of ether oxygens (including phenoxy) is 3. The van der Waals surface area contributed by atoms with Gasteiger partial charge in [-0.2, -0.15) is 0 Å². The minimum atomic E-state index is -0.772. The molecule has 0 aromatic rings. The van der Waals surface area contributed by atoms with Gasteiger partial charge in [-0.15, -0.1) is 0 Å². The lowest BCUT2D eigenvalue weighted by Gasteiger charge is -2.18. The van der Waals surface area contributed by atoms with E-state index in [0.29, 0.717) is 19.3 Å². The van der Waals surface area contributed by atoms with Gasteiger partial charge in [-0.3, -0.25) is 14.4 Å². The van der Waals surface area contributed by atoms with Gasteiger partial charge in [-0.1, -0.05) is 263 Å². The molecule has 0 saturated carbocycles. The molecule has 0 N–H and O–H groups in total. The van der Waals surface area contributed by atoms with Gasteiger partial charge in [0.15, 0.2) is 6.10 Å². The summed E-state index contributed by atoms with van der Waals surface area (Å²) in [7, 11) is 0. The zero-order valence-electron chi connectivity index (χ0n) is 45.6. The van der Waals surface area contributed by atoms with Crippen molar-refractivity contribution in [1.82, 2.24) is 0 Å². The molecule has 6 nitrogen and oxygen atoms in total. The van der Waals surface area contributed by atoms with Crippen molar-refractivity contribution in [3.63, 3.8) is 0 Å². The van der Waals surface area contributed by atoms with E-state index in [9.17, 15) is 14.4 Å². The fourth-order valence-corrected chi connectivity index (χ4v) is 8.82. The van der Waals surface area contributed by atoms with Crippen molar-refractivity contribution in [2.45, 2.75) is 329 Å². The van der Waals surface area contributed by atoms with Gasteiger partial charge in [-0.25, -0.2) is 0 Å². The van der Waals surface area contributed by atoms with E-state index in [4.69, 9.17) is 14.2 Å². The van der Waals surface area contributed by atoms with Gasteiger partial charge < -0.3 is 14.2 Å². The highest BCUT2D eigenvalue weighted by molar-refractivity contribution is 5.71. The molecule has 0 radical (unpaired) electrons. The average Bonchev–Trinajstić information content (AvgIpc) is 3.34. The van der Waals surface area contributed by atoms with Crippen LogP contribution in [-0.4, -0.2) is 37.2 Å². The van der Waals surface area contributed by atoms with E-state index in [0.717, 1.165) is 70.6 Å². The van der Waals surface area contributed by atoms with E-state index in [2.05, 4.69) is 57.2 Å². The van der Waals surface area contributed by atoms with E-state index in [1.807, 2.05) is 0 Å². The molecule has 0 aliphatic rings. The summed E-state index contributed by atoms with van der Waals surface area (Å²) >= 11 is 0. The maximum atomic E-state index is 12.8. The van der Waals surface area contributed by atoms with Crippen LogP contribution in [0.1, 0.15) is 323 Å². The van der Waals surface area contributed by atoms with Crippen molar-refractivity contribution in [2.75, 3.05) is 13.2 Å². The second-order valence-corrected chi connectivity index (χ2v) is 20.3. The number of rotatable bonds is 55. The molecular weight excluding hydrogens is 841 g/mol. The zero-order valence-corrected chi connectivity index (χ0v) is 45.6. The summed E-state index contributed by atoms with van der Waals surface area (Å²) in [5.41, 5.74) is 0. The summed E-state index contributed by atoms with van der Waals surface area (Å²) < 4.78 is 16.8. The van der Waals surface area contributed by atoms with Crippen LogP contribution < -0.4 is 0 Å². The van der Waals surface area contributed by atoms with E-state index < -0.39 is 6.10 Å². The van der Waals surface area contributed by atoms with Gasteiger partial charge in [0.2, 0.25) is 0 Å². The Kier molecular flexibility index (Phi) is 55.2. The number of carbonyl (C=O) groups is 3. The van der Waals surface area contributed by atoms with Gasteiger partial charge >= 0.3 is 17.9 Å². The van der Waals surface area contributed by atoms with Crippen molar-refractivity contribution in [1.29, 1.82) is 0 Å². The molecule has 1 atom stereocenters. The molecule has 0 rings (SSSR count). The Morgan fingerprint density at radius 1 is 0.294 bits per heavy atom. The largest absolute Gasteiger partial charge is 0.462 e. The Morgan fingerprint density at radius 2 is 0.529 bits per heavy atom. The van der Waals surface area contributed by atoms with Crippen molar-refractivity contribution in [3.05, 3.63) is 36.5 Å². The van der Waals surface area contributed by atoms with Crippen molar-refractivity contribution in [3.8, 4) is 0 Å². The van der Waals surface area contributed by atoms with Crippen LogP contribution in [0.5, 0.6) is 0 Å². The van der Waals surface area contributed by atoms with E-state index >= 15 is 0 Å². The van der Waals surface area contributed by atoms with E-state index in [1.54, 1.807) is 0 Å². The average molecular weight is 956 g/mol. The Bertz CT molecular complexity index is 1140. The number of hydrogen-bond donors (Lipinski definition) is 0. The van der Waals surface area contributed by atoms with Crippen LogP contribution in [0.25, 0.3) is 0 Å². The van der Waals surface area contributed by atoms with Crippen molar-refractivity contribution >= 4 is 17.9 Å². The first-order valence-corrected chi connectivity index (χ1v) is 30.0. The summed E-state index contributed by atoms with van der Waals surface area (Å²) in [5, 5.41) is 0. The molecule has 0 aliphatic carbocycles. The summed E-state index contributed by atoms with van der Waals surface area (Å²) in [6.45, 7) is 6.64. The van der Waals surface area contributed by atoms with Gasteiger partial charge in [0.1, 0.15) is 13.2 Å². The van der Waals surface area contributed by atoms with Crippen LogP contribution in [0.3, 0.4) is 0 Å². The second kappa shape index (κ2) is 57.2. The molecule has 0 bridgehead atoms. The predicted molar refractivity (Wildman–Crippen MR) is 293 cm³/mol. The van der Waals surface area contributed by atoms with Gasteiger partial charge in [0, 0.05) is 19.3 Å². The molecular formula is C62H114O6. The molecule has 0 saturated heterocycles. The fourth-order valence-electron chi connectivity index (χ4n) is 8.82. The molecule has 0 fully saturated rings. The summed E-state index contributed by atoms with van der Waals surface area (Å²) in [6, 6.07) is 0. The lowest BCUT2D eigenvalue weighted by molar-refractivity contribution is -0.167. The number of hydrogen-bond acceptors (Lipinski definition) is 6. The van der Waals surface area contributed by atoms with E-state index in [1.165, 1.54) is 212 Å². The standard InChI is InChI=1S/C62H114O6/c1-4-7-10-13-16-19-21-23-25-27-28-29-30-31-32-33-34-35-37-38-40-43-46-49-52-55-61(64)67-58-59(57-66-60(63)54-51-48-45-42-18-15-12-9-6-3)68-62(65)56-53-50-47-44-41-39-36-26-24-22-20-17-14-11-8-5-2/h21,23,26-28,36,59H,4-20,22,24-25,29-35,37-58H2,1-3H3/b23-21-,28-27-,36-26-. The van der Waals surface area contributed by atoms with Gasteiger partial charge in [0.25, 0.3) is 0 Å². The predicted octanol–water partition coefficient (Wildman–Crippen LogP) is 20.0. The third-order valence-corrected chi connectivity index (χ3v) is 13.4. The highest BCUT2D eigenvalue weighted by Crippen LogP contribution is 2.16. The molecule has 0 aliphatic heterocycles. The SMILES string of the molecule is CCCCCCC/C=C\C/C=C\CCCCCCCCCCCCCCCC(=O)OCC(COC(=O)CCCCCCCCCCC)OC(=O)CCCCCCC/C=C\CCCCCCCCC.